The van der Waals surface area contributed by atoms with Crippen molar-refractivity contribution in [3.05, 3.63) is 51.7 Å². The number of aromatic nitrogens is 4. The summed E-state index contributed by atoms with van der Waals surface area (Å²) < 4.78 is 2.31. The molecule has 5 rings (SSSR count). The predicted octanol–water partition coefficient (Wildman–Crippen LogP) is 4.11. The van der Waals surface area contributed by atoms with Gasteiger partial charge in [0, 0.05) is 42.3 Å². The highest BCUT2D eigenvalue weighted by Gasteiger charge is 2.33. The Bertz CT molecular complexity index is 1090. The van der Waals surface area contributed by atoms with Crippen LogP contribution in [0.4, 0.5) is 11.4 Å². The minimum absolute atomic E-state index is 0.0551. The van der Waals surface area contributed by atoms with Crippen molar-refractivity contribution in [2.75, 3.05) is 11.4 Å². The molecule has 4 heterocycles. The minimum Gasteiger partial charge on any atom is -0.361 e. The second-order valence-electron chi connectivity index (χ2n) is 8.00. The van der Waals surface area contributed by atoms with Crippen molar-refractivity contribution in [3.63, 3.8) is 0 Å². The monoisotopic (exact) mass is 392 g/mol. The number of hydrogen-bond donors (Lipinski definition) is 0. The van der Waals surface area contributed by atoms with E-state index in [0.717, 1.165) is 67.2 Å². The molecule has 3 aromatic rings. The molecule has 1 atom stereocenters. The highest BCUT2D eigenvalue weighted by Crippen LogP contribution is 2.40. The van der Waals surface area contributed by atoms with E-state index in [9.17, 15) is 10.1 Å². The number of nitrogens with zero attached hydrogens (tertiary/aromatic N) is 6. The second-order valence-corrected chi connectivity index (χ2v) is 8.00. The first-order valence-electron chi connectivity index (χ1n) is 10.4. The van der Waals surface area contributed by atoms with Gasteiger partial charge in [-0.3, -0.25) is 10.1 Å². The van der Waals surface area contributed by atoms with Crippen LogP contribution in [0.3, 0.4) is 0 Å². The molecule has 0 bridgehead atoms. The number of fused-ring (bicyclic) bond motifs is 2. The Hall–Kier alpha value is -3.03. The normalized spacial score (nSPS) is 19.3. The van der Waals surface area contributed by atoms with Crippen LogP contribution in [0.5, 0.6) is 0 Å². The number of anilines is 1. The van der Waals surface area contributed by atoms with Crippen LogP contribution < -0.4 is 4.90 Å². The standard InChI is InChI=1S/C21H24N6O2/c1-14-13-18(15-7-5-8-16(27(28)29)20(15)22-14)25-12-6-9-17(25)21-24-23-19-10-3-2-4-11-26(19)21/h5,7-8,13,17H,2-4,6,9-12H2,1H3. The van der Waals surface area contributed by atoms with Crippen LogP contribution in [-0.4, -0.2) is 31.2 Å². The molecule has 0 amide bonds. The van der Waals surface area contributed by atoms with Gasteiger partial charge in [0.05, 0.1) is 11.0 Å². The molecule has 2 aromatic heterocycles. The Morgan fingerprint density at radius 2 is 2.03 bits per heavy atom. The number of rotatable bonds is 3. The molecule has 0 aliphatic carbocycles. The van der Waals surface area contributed by atoms with Crippen molar-refractivity contribution in [3.8, 4) is 0 Å². The number of para-hydroxylation sites is 1. The summed E-state index contributed by atoms with van der Waals surface area (Å²) in [5.41, 5.74) is 2.30. The summed E-state index contributed by atoms with van der Waals surface area (Å²) in [5.74, 6) is 2.13. The van der Waals surface area contributed by atoms with Crippen molar-refractivity contribution in [2.24, 2.45) is 0 Å². The van der Waals surface area contributed by atoms with E-state index in [2.05, 4.69) is 24.6 Å². The van der Waals surface area contributed by atoms with E-state index >= 15 is 0 Å². The fourth-order valence-electron chi connectivity index (χ4n) is 4.80. The van der Waals surface area contributed by atoms with Gasteiger partial charge in [0.1, 0.15) is 5.82 Å². The highest BCUT2D eigenvalue weighted by atomic mass is 16.6. The lowest BCUT2D eigenvalue weighted by Gasteiger charge is -2.28. The van der Waals surface area contributed by atoms with Crippen LogP contribution in [0.15, 0.2) is 24.3 Å². The number of nitro benzene ring substituents is 1. The van der Waals surface area contributed by atoms with Gasteiger partial charge in [-0.1, -0.05) is 18.6 Å². The Kier molecular flexibility index (Phi) is 4.41. The van der Waals surface area contributed by atoms with Gasteiger partial charge in [-0.25, -0.2) is 4.98 Å². The lowest BCUT2D eigenvalue weighted by Crippen LogP contribution is -2.26. The fraction of sp³-hybridized carbons (Fsp3) is 0.476. The third-order valence-electron chi connectivity index (χ3n) is 6.12. The number of benzene rings is 1. The van der Waals surface area contributed by atoms with Crippen molar-refractivity contribution >= 4 is 22.3 Å². The molecule has 0 N–H and O–H groups in total. The Morgan fingerprint density at radius 3 is 2.90 bits per heavy atom. The molecule has 2 aliphatic rings. The van der Waals surface area contributed by atoms with Gasteiger partial charge in [0.15, 0.2) is 11.3 Å². The van der Waals surface area contributed by atoms with E-state index in [0.29, 0.717) is 5.52 Å². The van der Waals surface area contributed by atoms with Gasteiger partial charge < -0.3 is 9.47 Å². The highest BCUT2D eigenvalue weighted by molar-refractivity contribution is 5.97. The number of aryl methyl sites for hydroxylation is 2. The van der Waals surface area contributed by atoms with Crippen molar-refractivity contribution in [2.45, 2.75) is 58.0 Å². The summed E-state index contributed by atoms with van der Waals surface area (Å²) in [7, 11) is 0. The van der Waals surface area contributed by atoms with Crippen LogP contribution >= 0.6 is 0 Å². The quantitative estimate of drug-likeness (QED) is 0.492. The molecule has 8 heteroatoms. The Labute approximate surface area is 168 Å². The smallest absolute Gasteiger partial charge is 0.295 e. The molecular formula is C21H24N6O2. The maximum absolute atomic E-state index is 11.5. The van der Waals surface area contributed by atoms with Crippen LogP contribution in [0.1, 0.15) is 55.5 Å². The molecule has 8 nitrogen and oxygen atoms in total. The third kappa shape index (κ3) is 3.03. The van der Waals surface area contributed by atoms with Gasteiger partial charge in [-0.2, -0.15) is 0 Å². The van der Waals surface area contributed by atoms with Gasteiger partial charge in [0.25, 0.3) is 5.69 Å². The van der Waals surface area contributed by atoms with E-state index in [1.54, 1.807) is 6.07 Å². The zero-order valence-corrected chi connectivity index (χ0v) is 16.5. The first-order chi connectivity index (χ1) is 14.1. The van der Waals surface area contributed by atoms with E-state index in [-0.39, 0.29) is 16.7 Å². The van der Waals surface area contributed by atoms with Gasteiger partial charge >= 0.3 is 0 Å². The van der Waals surface area contributed by atoms with E-state index in [1.807, 2.05) is 19.1 Å². The summed E-state index contributed by atoms with van der Waals surface area (Å²) in [6.07, 6.45) is 6.62. The van der Waals surface area contributed by atoms with Crippen molar-refractivity contribution in [1.82, 2.24) is 19.7 Å². The third-order valence-corrected chi connectivity index (χ3v) is 6.12. The van der Waals surface area contributed by atoms with E-state index < -0.39 is 0 Å². The summed E-state index contributed by atoms with van der Waals surface area (Å²) in [6.45, 7) is 3.77. The summed E-state index contributed by atoms with van der Waals surface area (Å²) >= 11 is 0. The molecule has 29 heavy (non-hydrogen) atoms. The molecule has 2 aliphatic heterocycles. The van der Waals surface area contributed by atoms with Gasteiger partial charge in [0.2, 0.25) is 0 Å². The molecule has 1 unspecified atom stereocenters. The summed E-state index contributed by atoms with van der Waals surface area (Å²) in [6, 6.07) is 7.39. The summed E-state index contributed by atoms with van der Waals surface area (Å²) in [4.78, 5) is 18.0. The fourth-order valence-corrected chi connectivity index (χ4v) is 4.80. The molecule has 1 saturated heterocycles. The lowest BCUT2D eigenvalue weighted by atomic mass is 10.1. The Balaban J connectivity index is 1.63. The topological polar surface area (TPSA) is 90.0 Å². The molecule has 1 fully saturated rings. The summed E-state index contributed by atoms with van der Waals surface area (Å²) in [5, 5.41) is 21.4. The Morgan fingerprint density at radius 1 is 1.14 bits per heavy atom. The lowest BCUT2D eigenvalue weighted by molar-refractivity contribution is -0.383. The van der Waals surface area contributed by atoms with Crippen LogP contribution in [0, 0.1) is 17.0 Å². The van der Waals surface area contributed by atoms with Gasteiger partial charge in [-0.15, -0.1) is 10.2 Å². The number of hydrogen-bond acceptors (Lipinski definition) is 6. The number of nitro groups is 1. The zero-order valence-electron chi connectivity index (χ0n) is 16.5. The molecule has 0 saturated carbocycles. The minimum atomic E-state index is -0.349. The zero-order chi connectivity index (χ0) is 20.0. The maximum Gasteiger partial charge on any atom is 0.295 e. The predicted molar refractivity (Wildman–Crippen MR) is 110 cm³/mol. The molecule has 0 radical (unpaired) electrons. The number of pyridine rings is 1. The first kappa shape index (κ1) is 18.0. The average molecular weight is 392 g/mol. The van der Waals surface area contributed by atoms with Gasteiger partial charge in [-0.05, 0) is 38.7 Å². The molecular weight excluding hydrogens is 368 g/mol. The first-order valence-corrected chi connectivity index (χ1v) is 10.4. The van der Waals surface area contributed by atoms with Crippen molar-refractivity contribution in [1.29, 1.82) is 0 Å². The van der Waals surface area contributed by atoms with Crippen LogP contribution in [-0.2, 0) is 13.0 Å². The van der Waals surface area contributed by atoms with Crippen LogP contribution in [0.2, 0.25) is 0 Å². The molecule has 150 valence electrons. The largest absolute Gasteiger partial charge is 0.361 e. The second kappa shape index (κ2) is 7.09. The molecule has 0 spiro atoms. The maximum atomic E-state index is 11.5. The van der Waals surface area contributed by atoms with E-state index in [4.69, 9.17) is 0 Å². The van der Waals surface area contributed by atoms with Crippen LogP contribution in [0.25, 0.3) is 10.9 Å². The number of non-ortho nitro benzene ring substituents is 1. The SMILES string of the molecule is Cc1cc(N2CCCC2c2nnc3n2CCCCC3)c2cccc([N+](=O)[O-])c2n1. The van der Waals surface area contributed by atoms with E-state index in [1.165, 1.54) is 18.9 Å². The van der Waals surface area contributed by atoms with Crippen molar-refractivity contribution < 1.29 is 4.92 Å². The average Bonchev–Trinajstić information content (AvgIpc) is 3.27. The molecule has 1 aromatic carbocycles.